The fraction of sp³-hybridized carbons (Fsp3) is 0.567. The molecule has 2 aliphatic heterocycles. The highest BCUT2D eigenvalue weighted by atomic mass is 19.4. The molecule has 11 heteroatoms. The van der Waals surface area contributed by atoms with Gasteiger partial charge in [-0.2, -0.15) is 13.2 Å². The van der Waals surface area contributed by atoms with E-state index >= 15 is 0 Å². The fourth-order valence-corrected chi connectivity index (χ4v) is 5.57. The van der Waals surface area contributed by atoms with Gasteiger partial charge in [-0.05, 0) is 67.5 Å². The molecule has 0 bridgehead atoms. The molecule has 2 aromatic carbocycles. The van der Waals surface area contributed by atoms with Crippen molar-refractivity contribution in [2.75, 3.05) is 43.4 Å². The van der Waals surface area contributed by atoms with Crippen molar-refractivity contribution in [2.45, 2.75) is 76.6 Å². The first-order valence-electron chi connectivity index (χ1n) is 14.3. The Morgan fingerprint density at radius 2 is 1.56 bits per heavy atom. The van der Waals surface area contributed by atoms with Gasteiger partial charge >= 0.3 is 6.18 Å². The summed E-state index contributed by atoms with van der Waals surface area (Å²) in [6.07, 6.45) is -0.941. The van der Waals surface area contributed by atoms with Gasteiger partial charge in [0.15, 0.2) is 0 Å². The summed E-state index contributed by atoms with van der Waals surface area (Å²) >= 11 is 0. The molecule has 2 saturated heterocycles. The van der Waals surface area contributed by atoms with Crippen LogP contribution in [0, 0.1) is 10.1 Å². The largest absolute Gasteiger partial charge is 0.423 e. The van der Waals surface area contributed by atoms with E-state index in [-0.39, 0.29) is 23.1 Å². The van der Waals surface area contributed by atoms with Gasteiger partial charge in [-0.15, -0.1) is 0 Å². The lowest BCUT2D eigenvalue weighted by molar-refractivity contribution is -0.388. The van der Waals surface area contributed by atoms with Gasteiger partial charge in [0.25, 0.3) is 5.69 Å². The minimum absolute atomic E-state index is 0.0456. The number of nitrogens with one attached hydrogen (secondary N) is 2. The van der Waals surface area contributed by atoms with Gasteiger partial charge in [0.05, 0.1) is 4.92 Å². The molecule has 2 fully saturated rings. The first kappa shape index (κ1) is 30.6. The molecule has 2 aliphatic rings. The second kappa shape index (κ2) is 12.7. The number of nitro benzene ring substituents is 1. The van der Waals surface area contributed by atoms with Crippen molar-refractivity contribution in [3.05, 3.63) is 63.7 Å². The van der Waals surface area contributed by atoms with Crippen molar-refractivity contribution in [1.29, 1.82) is 0 Å². The van der Waals surface area contributed by atoms with E-state index in [0.717, 1.165) is 56.7 Å². The van der Waals surface area contributed by atoms with Crippen LogP contribution in [-0.4, -0.2) is 65.4 Å². The first-order valence-corrected chi connectivity index (χ1v) is 14.3. The summed E-state index contributed by atoms with van der Waals surface area (Å²) in [6, 6.07) is 11.8. The van der Waals surface area contributed by atoms with Crippen molar-refractivity contribution in [1.82, 2.24) is 9.80 Å². The molecule has 8 nitrogen and oxygen atoms in total. The minimum Gasteiger partial charge on any atom is -0.382 e. The van der Waals surface area contributed by atoms with Crippen LogP contribution in [-0.2, 0) is 16.4 Å². The van der Waals surface area contributed by atoms with E-state index in [1.54, 1.807) is 4.90 Å². The van der Waals surface area contributed by atoms with E-state index < -0.39 is 22.4 Å². The predicted molar refractivity (Wildman–Crippen MR) is 154 cm³/mol. The third-order valence-electron chi connectivity index (χ3n) is 7.98. The molecule has 2 aromatic rings. The number of benzene rings is 2. The van der Waals surface area contributed by atoms with E-state index in [9.17, 15) is 28.1 Å². The monoisotopic (exact) mass is 575 g/mol. The number of nitrogens with zero attached hydrogens (tertiary/aromatic N) is 3. The lowest BCUT2D eigenvalue weighted by Crippen LogP contribution is -2.40. The zero-order valence-electron chi connectivity index (χ0n) is 24.0. The number of rotatable bonds is 9. The van der Waals surface area contributed by atoms with Crippen LogP contribution in [0.15, 0.2) is 42.5 Å². The molecule has 0 unspecified atom stereocenters. The van der Waals surface area contributed by atoms with Gasteiger partial charge in [0.2, 0.25) is 5.91 Å². The Morgan fingerprint density at radius 3 is 2.17 bits per heavy atom. The minimum atomic E-state index is -4.83. The van der Waals surface area contributed by atoms with Crippen molar-refractivity contribution >= 4 is 23.0 Å². The Bertz CT molecular complexity index is 1210. The maximum atomic E-state index is 13.3. The summed E-state index contributed by atoms with van der Waals surface area (Å²) in [5, 5.41) is 17.6. The topological polar surface area (TPSA) is 90.8 Å². The summed E-state index contributed by atoms with van der Waals surface area (Å²) in [7, 11) is 0. The molecule has 1 amide bonds. The molecular formula is C30H40F3N5O3. The Balaban J connectivity index is 1.16. The molecule has 0 aliphatic carbocycles. The number of likely N-dealkylation sites (tertiary alicyclic amines) is 2. The van der Waals surface area contributed by atoms with E-state index in [1.165, 1.54) is 11.6 Å². The zero-order chi connectivity index (χ0) is 29.8. The number of hydrogen-bond donors (Lipinski definition) is 2. The summed E-state index contributed by atoms with van der Waals surface area (Å²) in [6.45, 7) is 10.4. The van der Waals surface area contributed by atoms with Crippen LogP contribution in [0.5, 0.6) is 0 Å². The molecule has 41 heavy (non-hydrogen) atoms. The number of halogens is 3. The zero-order valence-corrected chi connectivity index (χ0v) is 24.0. The second-order valence-electron chi connectivity index (χ2n) is 12.1. The smallest absolute Gasteiger partial charge is 0.382 e. The molecule has 2 N–H and O–H groups in total. The third kappa shape index (κ3) is 8.34. The number of alkyl halides is 3. The fourth-order valence-electron chi connectivity index (χ4n) is 5.57. The van der Waals surface area contributed by atoms with E-state index in [1.807, 2.05) is 0 Å². The van der Waals surface area contributed by atoms with Crippen LogP contribution in [0.25, 0.3) is 0 Å². The van der Waals surface area contributed by atoms with Gasteiger partial charge in [-0.1, -0.05) is 32.9 Å². The maximum Gasteiger partial charge on any atom is 0.423 e. The number of carbonyl (C=O) groups is 1. The van der Waals surface area contributed by atoms with Crippen LogP contribution in [0.2, 0.25) is 0 Å². The van der Waals surface area contributed by atoms with Gasteiger partial charge < -0.3 is 20.4 Å². The van der Waals surface area contributed by atoms with Gasteiger partial charge in [0, 0.05) is 62.1 Å². The van der Waals surface area contributed by atoms with Crippen LogP contribution in [0.1, 0.15) is 64.0 Å². The van der Waals surface area contributed by atoms with Crippen molar-refractivity contribution < 1.29 is 22.9 Å². The van der Waals surface area contributed by atoms with E-state index in [4.69, 9.17) is 0 Å². The van der Waals surface area contributed by atoms with E-state index in [0.29, 0.717) is 32.0 Å². The Hall–Kier alpha value is -3.34. The van der Waals surface area contributed by atoms with Crippen LogP contribution in [0.4, 0.5) is 30.2 Å². The molecular weight excluding hydrogens is 535 g/mol. The van der Waals surface area contributed by atoms with Gasteiger partial charge in [-0.25, -0.2) is 0 Å². The standard InChI is InChI=1S/C30H40F3N5O3/c1-29(2,3)21-6-8-22(9-7-21)34-23-12-16-36(17-13-23)15-4-5-28(39)37-18-14-25(20-37)35-24-10-11-27(38(40)41)26(19-24)30(31,32)33/h6-11,19,23,25,34-35H,4-5,12-18,20H2,1-3H3/t25-/m1/s1. The Kier molecular flexibility index (Phi) is 9.46. The molecule has 2 heterocycles. The second-order valence-corrected chi connectivity index (χ2v) is 12.1. The lowest BCUT2D eigenvalue weighted by atomic mass is 9.87. The normalized spacial score (nSPS) is 18.9. The highest BCUT2D eigenvalue weighted by Gasteiger charge is 2.38. The summed E-state index contributed by atoms with van der Waals surface area (Å²) in [5.41, 5.74) is 0.498. The maximum absolute atomic E-state index is 13.3. The molecule has 224 valence electrons. The Labute approximate surface area is 239 Å². The number of anilines is 2. The number of nitro groups is 1. The first-order chi connectivity index (χ1) is 19.3. The summed E-state index contributed by atoms with van der Waals surface area (Å²) in [5.74, 6) is 0.0456. The highest BCUT2D eigenvalue weighted by Crippen LogP contribution is 2.38. The molecule has 0 radical (unpaired) electrons. The van der Waals surface area contributed by atoms with Crippen molar-refractivity contribution in [3.63, 3.8) is 0 Å². The quantitative estimate of drug-likeness (QED) is 0.270. The molecule has 4 rings (SSSR count). The molecule has 0 saturated carbocycles. The average molecular weight is 576 g/mol. The van der Waals surface area contributed by atoms with Crippen molar-refractivity contribution in [3.8, 4) is 0 Å². The average Bonchev–Trinajstić information content (AvgIpc) is 3.37. The van der Waals surface area contributed by atoms with Crippen LogP contribution < -0.4 is 10.6 Å². The number of hydrogen-bond acceptors (Lipinski definition) is 6. The van der Waals surface area contributed by atoms with Crippen molar-refractivity contribution in [2.24, 2.45) is 0 Å². The predicted octanol–water partition coefficient (Wildman–Crippen LogP) is 6.28. The number of amides is 1. The third-order valence-corrected chi connectivity index (χ3v) is 7.98. The highest BCUT2D eigenvalue weighted by molar-refractivity contribution is 5.76. The van der Waals surface area contributed by atoms with Crippen LogP contribution >= 0.6 is 0 Å². The summed E-state index contributed by atoms with van der Waals surface area (Å²) < 4.78 is 39.9. The van der Waals surface area contributed by atoms with Crippen LogP contribution in [0.3, 0.4) is 0 Å². The summed E-state index contributed by atoms with van der Waals surface area (Å²) in [4.78, 5) is 26.9. The Morgan fingerprint density at radius 1 is 0.951 bits per heavy atom. The molecule has 1 atom stereocenters. The van der Waals surface area contributed by atoms with Gasteiger partial charge in [0.1, 0.15) is 5.56 Å². The molecule has 0 spiro atoms. The SMILES string of the molecule is CC(C)(C)c1ccc(NC2CCN(CCCC(=O)N3CC[C@@H](Nc4ccc([N+](=O)[O-])c(C(F)(F)F)c4)C3)CC2)cc1. The molecule has 0 aromatic heterocycles. The van der Waals surface area contributed by atoms with Gasteiger partial charge in [-0.3, -0.25) is 14.9 Å². The van der Waals surface area contributed by atoms with E-state index in [2.05, 4.69) is 60.6 Å². The number of piperidine rings is 1. The lowest BCUT2D eigenvalue weighted by Gasteiger charge is -2.33. The number of carbonyl (C=O) groups excluding carboxylic acids is 1.